The van der Waals surface area contributed by atoms with E-state index in [1.165, 1.54) is 12.8 Å². The van der Waals surface area contributed by atoms with Crippen molar-refractivity contribution in [1.82, 2.24) is 0 Å². The fourth-order valence-electron chi connectivity index (χ4n) is 0.289. The van der Waals surface area contributed by atoms with Crippen LogP contribution in [0.4, 0.5) is 0 Å². The fourth-order valence-corrected chi connectivity index (χ4v) is 0.289. The van der Waals surface area contributed by atoms with Gasteiger partial charge in [-0.15, -0.1) is 4.78 Å². The van der Waals surface area contributed by atoms with Gasteiger partial charge >= 0.3 is 0 Å². The lowest BCUT2D eigenvalue weighted by Gasteiger charge is -2.00. The quantitative estimate of drug-likeness (QED) is 0.462. The Balaban J connectivity index is 2.75. The highest BCUT2D eigenvalue weighted by molar-refractivity contribution is 6.11. The summed E-state index contributed by atoms with van der Waals surface area (Å²) in [5.41, 5.74) is 0. The maximum absolute atomic E-state index is 2.81. The first-order valence-electron chi connectivity index (χ1n) is 2.56. The van der Waals surface area contributed by atoms with E-state index in [2.05, 4.69) is 30.1 Å². The summed E-state index contributed by atoms with van der Waals surface area (Å²) in [6.07, 6.45) is 2.59. The van der Waals surface area contributed by atoms with Crippen molar-refractivity contribution in [1.29, 1.82) is 0 Å². The summed E-state index contributed by atoms with van der Waals surface area (Å²) in [4.78, 5) is 0. The standard InChI is InChI=1S/C5H11.Al/c1-3-5-4-2;/h5H,3-4H2,1-2H3;. The summed E-state index contributed by atoms with van der Waals surface area (Å²) in [6.45, 7) is 4.42. The first-order chi connectivity index (χ1) is 2.81. The second-order valence-electron chi connectivity index (χ2n) is 1.58. The Morgan fingerprint density at radius 3 is 1.67 bits per heavy atom. The van der Waals surface area contributed by atoms with Crippen LogP contribution in [0, 0.1) is 0 Å². The molecule has 0 unspecified atom stereocenters. The van der Waals surface area contributed by atoms with E-state index in [0.29, 0.717) is 0 Å². The van der Waals surface area contributed by atoms with Crippen LogP contribution in [0.3, 0.4) is 0 Å². The number of hydrogen-bond donors (Lipinski definition) is 0. The van der Waals surface area contributed by atoms with Gasteiger partial charge in [-0.2, -0.15) is 0 Å². The van der Waals surface area contributed by atoms with Crippen LogP contribution in [0.15, 0.2) is 0 Å². The average molecular weight is 98.1 g/mol. The molecule has 2 radical (unpaired) electrons. The number of hydrogen-bond acceptors (Lipinski definition) is 0. The SMILES string of the molecule is CC[CH]([Al])CC. The van der Waals surface area contributed by atoms with E-state index < -0.39 is 0 Å². The zero-order chi connectivity index (χ0) is 4.99. The largest absolute Gasteiger partial charge is 0.123 e. The van der Waals surface area contributed by atoms with Crippen LogP contribution in [-0.4, -0.2) is 16.3 Å². The summed E-state index contributed by atoms with van der Waals surface area (Å²) in [6, 6.07) is 0. The predicted molar refractivity (Wildman–Crippen MR) is 30.1 cm³/mol. The van der Waals surface area contributed by atoms with E-state index in [-0.39, 0.29) is 0 Å². The van der Waals surface area contributed by atoms with Gasteiger partial charge in [0.2, 0.25) is 0 Å². The van der Waals surface area contributed by atoms with Crippen molar-refractivity contribution in [3.8, 4) is 0 Å². The maximum Gasteiger partial charge on any atom is 0.123 e. The van der Waals surface area contributed by atoms with E-state index in [1.807, 2.05) is 0 Å². The van der Waals surface area contributed by atoms with Gasteiger partial charge < -0.3 is 0 Å². The molecule has 0 aliphatic rings. The summed E-state index contributed by atoms with van der Waals surface area (Å²) in [5, 5.41) is 0. The van der Waals surface area contributed by atoms with Crippen LogP contribution in [0.2, 0.25) is 4.78 Å². The van der Waals surface area contributed by atoms with Gasteiger partial charge in [-0.25, -0.2) is 0 Å². The van der Waals surface area contributed by atoms with Crippen LogP contribution >= 0.6 is 0 Å². The summed E-state index contributed by atoms with van der Waals surface area (Å²) >= 11 is 2.81. The van der Waals surface area contributed by atoms with Crippen molar-refractivity contribution in [3.63, 3.8) is 0 Å². The Morgan fingerprint density at radius 1 is 1.33 bits per heavy atom. The van der Waals surface area contributed by atoms with E-state index in [0.717, 1.165) is 4.78 Å². The third-order valence-corrected chi connectivity index (χ3v) is 1.99. The fraction of sp³-hybridized carbons (Fsp3) is 1.00. The zero-order valence-corrected chi connectivity index (χ0v) is 5.72. The molecule has 6 heavy (non-hydrogen) atoms. The molecule has 0 spiro atoms. The van der Waals surface area contributed by atoms with E-state index in [4.69, 9.17) is 0 Å². The molecular formula is C5H11Al. The van der Waals surface area contributed by atoms with E-state index >= 15 is 0 Å². The Kier molecular flexibility index (Phi) is 4.04. The van der Waals surface area contributed by atoms with Crippen molar-refractivity contribution >= 4 is 16.3 Å². The van der Waals surface area contributed by atoms with Crippen molar-refractivity contribution < 1.29 is 0 Å². The smallest absolute Gasteiger partial charge is 0.108 e. The third kappa shape index (κ3) is 2.75. The lowest BCUT2D eigenvalue weighted by atomic mass is 10.3. The van der Waals surface area contributed by atoms with Crippen LogP contribution in [0.25, 0.3) is 0 Å². The van der Waals surface area contributed by atoms with E-state index in [9.17, 15) is 0 Å². The molecule has 0 aliphatic carbocycles. The molecule has 0 aromatic heterocycles. The molecule has 0 aliphatic heterocycles. The van der Waals surface area contributed by atoms with Crippen LogP contribution in [-0.2, 0) is 0 Å². The van der Waals surface area contributed by atoms with Gasteiger partial charge in [-0.3, -0.25) is 0 Å². The highest BCUT2D eigenvalue weighted by Gasteiger charge is 1.87. The Hall–Kier alpha value is 0.532. The molecule has 0 atom stereocenters. The average Bonchev–Trinajstić information content (AvgIpc) is 1.65. The molecule has 1 heteroatoms. The molecule has 0 aromatic carbocycles. The molecule has 0 bridgehead atoms. The van der Waals surface area contributed by atoms with Crippen LogP contribution < -0.4 is 0 Å². The van der Waals surface area contributed by atoms with Crippen LogP contribution in [0.1, 0.15) is 26.7 Å². The molecule has 0 aromatic rings. The maximum atomic E-state index is 2.81. The minimum atomic E-state index is 0.852. The summed E-state index contributed by atoms with van der Waals surface area (Å²) in [7, 11) is 0. The Bertz CT molecular complexity index is 23.1. The second-order valence-corrected chi connectivity index (χ2v) is 2.52. The minimum Gasteiger partial charge on any atom is -0.108 e. The lowest BCUT2D eigenvalue weighted by Crippen LogP contribution is -1.83. The Morgan fingerprint density at radius 2 is 1.67 bits per heavy atom. The monoisotopic (exact) mass is 98.1 g/mol. The topological polar surface area (TPSA) is 0 Å². The molecule has 0 rings (SSSR count). The van der Waals surface area contributed by atoms with E-state index in [1.54, 1.807) is 0 Å². The van der Waals surface area contributed by atoms with Crippen molar-refractivity contribution in [2.45, 2.75) is 31.5 Å². The Labute approximate surface area is 48.4 Å². The van der Waals surface area contributed by atoms with Gasteiger partial charge in [0.15, 0.2) is 0 Å². The first kappa shape index (κ1) is 6.53. The molecule has 0 amide bonds. The molecule has 34 valence electrons. The highest BCUT2D eigenvalue weighted by Crippen LogP contribution is 2.06. The van der Waals surface area contributed by atoms with Crippen molar-refractivity contribution in [2.75, 3.05) is 0 Å². The third-order valence-electron chi connectivity index (χ3n) is 1.05. The molecule has 0 saturated heterocycles. The van der Waals surface area contributed by atoms with Gasteiger partial charge in [0.05, 0.1) is 0 Å². The molecule has 0 saturated carbocycles. The summed E-state index contributed by atoms with van der Waals surface area (Å²) in [5.74, 6) is 0. The first-order valence-corrected chi connectivity index (χ1v) is 3.23. The minimum absolute atomic E-state index is 0.852. The normalized spacial score (nSPS) is 9.83. The molecule has 0 fully saturated rings. The van der Waals surface area contributed by atoms with Gasteiger partial charge in [-0.05, 0) is 0 Å². The molecule has 0 heterocycles. The predicted octanol–water partition coefficient (Wildman–Crippen LogP) is 1.76. The van der Waals surface area contributed by atoms with Gasteiger partial charge in [-0.1, -0.05) is 26.7 Å². The molecule has 0 nitrogen and oxygen atoms in total. The second kappa shape index (κ2) is 3.71. The van der Waals surface area contributed by atoms with Crippen LogP contribution in [0.5, 0.6) is 0 Å². The van der Waals surface area contributed by atoms with Gasteiger partial charge in [0.25, 0.3) is 0 Å². The van der Waals surface area contributed by atoms with Crippen molar-refractivity contribution in [2.24, 2.45) is 0 Å². The summed E-state index contributed by atoms with van der Waals surface area (Å²) < 4.78 is 0.852. The molecule has 0 N–H and O–H groups in total. The van der Waals surface area contributed by atoms with Gasteiger partial charge in [0.1, 0.15) is 16.3 Å². The number of rotatable bonds is 2. The molecular weight excluding hydrogens is 87.0 g/mol. The highest BCUT2D eigenvalue weighted by atomic mass is 27.0. The van der Waals surface area contributed by atoms with Crippen molar-refractivity contribution in [3.05, 3.63) is 0 Å². The van der Waals surface area contributed by atoms with Gasteiger partial charge in [0, 0.05) is 0 Å². The lowest BCUT2D eigenvalue weighted by molar-refractivity contribution is 0.768. The zero-order valence-electron chi connectivity index (χ0n) is 4.57.